The van der Waals surface area contributed by atoms with Crippen LogP contribution in [0.3, 0.4) is 0 Å². The Morgan fingerprint density at radius 2 is 2.07 bits per heavy atom. The molecule has 148 valence electrons. The van der Waals surface area contributed by atoms with Crippen molar-refractivity contribution in [3.8, 4) is 0 Å². The number of ketones is 1. The minimum absolute atomic E-state index is 0.0382. The van der Waals surface area contributed by atoms with Gasteiger partial charge >= 0.3 is 0 Å². The van der Waals surface area contributed by atoms with Gasteiger partial charge < -0.3 is 9.88 Å². The van der Waals surface area contributed by atoms with Gasteiger partial charge in [-0.05, 0) is 48.3 Å². The molecule has 3 heterocycles. The van der Waals surface area contributed by atoms with E-state index in [-0.39, 0.29) is 11.7 Å². The van der Waals surface area contributed by atoms with Crippen LogP contribution >= 0.6 is 15.9 Å². The molecule has 0 fully saturated rings. The number of hydrogen-bond donors (Lipinski definition) is 1. The summed E-state index contributed by atoms with van der Waals surface area (Å²) in [6, 6.07) is 2.24. The van der Waals surface area contributed by atoms with Gasteiger partial charge in [0.05, 0.1) is 16.8 Å². The highest BCUT2D eigenvalue weighted by atomic mass is 79.9. The summed E-state index contributed by atoms with van der Waals surface area (Å²) in [6.07, 6.45) is 11.6. The highest BCUT2D eigenvalue weighted by Gasteiger charge is 2.30. The second kappa shape index (κ2) is 6.25. The molecule has 6 heteroatoms. The molecule has 1 amide bonds. The Hall–Kier alpha value is -2.99. The topological polar surface area (TPSA) is 65.5 Å². The fourth-order valence-electron chi connectivity index (χ4n) is 4.99. The summed E-state index contributed by atoms with van der Waals surface area (Å²) in [7, 11) is 1.78. The molecule has 0 radical (unpaired) electrons. The quantitative estimate of drug-likeness (QED) is 0.611. The number of H-pyrrole nitrogens is 1. The lowest BCUT2D eigenvalue weighted by atomic mass is 9.91. The van der Waals surface area contributed by atoms with Crippen LogP contribution in [-0.4, -0.2) is 40.2 Å². The van der Waals surface area contributed by atoms with Crippen molar-refractivity contribution < 1.29 is 9.59 Å². The molecule has 0 bridgehead atoms. The van der Waals surface area contributed by atoms with Gasteiger partial charge in [-0.2, -0.15) is 0 Å². The molecular weight excluding hydrogens is 442 g/mol. The molecule has 0 atom stereocenters. The zero-order valence-corrected chi connectivity index (χ0v) is 18.0. The molecule has 5 nitrogen and oxygen atoms in total. The molecule has 1 N–H and O–H groups in total. The van der Waals surface area contributed by atoms with Crippen molar-refractivity contribution in [2.75, 3.05) is 12.4 Å². The minimum atomic E-state index is -0.0382. The second-order valence-electron chi connectivity index (χ2n) is 8.04. The van der Waals surface area contributed by atoms with Gasteiger partial charge in [-0.25, -0.2) is 0 Å². The van der Waals surface area contributed by atoms with Crippen molar-refractivity contribution in [3.63, 3.8) is 0 Å². The predicted octanol–water partition coefficient (Wildman–Crippen LogP) is 3.11. The summed E-state index contributed by atoms with van der Waals surface area (Å²) in [5.74, 6) is 0.0231. The number of carbonyl (C=O) groups excluding carboxylic acids is 2. The van der Waals surface area contributed by atoms with Crippen molar-refractivity contribution in [1.82, 2.24) is 9.88 Å². The summed E-state index contributed by atoms with van der Waals surface area (Å²) in [4.78, 5) is 35.2. The third-order valence-corrected chi connectivity index (χ3v) is 6.85. The lowest BCUT2D eigenvalue weighted by Crippen LogP contribution is -2.18. The Morgan fingerprint density at radius 1 is 1.20 bits per heavy atom. The standard InChI is InChI=1S/C24H18BrN3O2/c1-28-11-17-19-16(9-12(3-2-7-25)14-6-8-26-22(14)19)23-20(21(17)24(28)30)15-10-13(29)4-5-18(15)27-23/h4-6,8-9,11,27H,2-3,7,10H2,1H3. The Morgan fingerprint density at radius 3 is 2.90 bits per heavy atom. The van der Waals surface area contributed by atoms with Crippen molar-refractivity contribution in [3.05, 3.63) is 45.0 Å². The molecule has 1 aliphatic carbocycles. The number of aryl methyl sites for hydroxylation is 1. The number of hydrogen-bond acceptors (Lipinski definition) is 3. The van der Waals surface area contributed by atoms with Crippen LogP contribution in [0.1, 0.15) is 33.6 Å². The van der Waals surface area contributed by atoms with E-state index in [9.17, 15) is 9.59 Å². The average Bonchev–Trinajstić information content (AvgIpc) is 3.43. The van der Waals surface area contributed by atoms with E-state index in [1.54, 1.807) is 18.0 Å². The smallest absolute Gasteiger partial charge is 0.258 e. The Bertz CT molecular complexity index is 1510. The molecule has 2 aromatic carbocycles. The second-order valence-corrected chi connectivity index (χ2v) is 8.83. The van der Waals surface area contributed by atoms with Crippen LogP contribution in [-0.2, 0) is 17.6 Å². The van der Waals surface area contributed by atoms with E-state index in [0.29, 0.717) is 12.0 Å². The number of rotatable bonds is 3. The number of alkyl halides is 1. The molecule has 3 aromatic rings. The maximum atomic E-state index is 13.2. The number of halogens is 1. The van der Waals surface area contributed by atoms with Gasteiger partial charge in [-0.15, -0.1) is 0 Å². The number of carbonyl (C=O) groups is 2. The van der Waals surface area contributed by atoms with E-state index in [4.69, 9.17) is 4.99 Å². The highest BCUT2D eigenvalue weighted by Crippen LogP contribution is 2.37. The SMILES string of the molecule is CN1C=c2c(c3c4c([nH]c3c3cc(CCCBr)c5c(c23)N=CC=5)C=CC(=O)C4)C1=O. The molecule has 2 aliphatic heterocycles. The lowest BCUT2D eigenvalue weighted by molar-refractivity contribution is -0.114. The first-order chi connectivity index (χ1) is 14.6. The number of benzene rings is 2. The number of allylic oxidation sites excluding steroid dienone is 1. The van der Waals surface area contributed by atoms with Gasteiger partial charge in [-0.1, -0.05) is 15.9 Å². The molecule has 3 aliphatic rings. The van der Waals surface area contributed by atoms with Gasteiger partial charge in [0, 0.05) is 63.5 Å². The van der Waals surface area contributed by atoms with Crippen LogP contribution in [0.2, 0.25) is 0 Å². The van der Waals surface area contributed by atoms with Crippen LogP contribution < -0.4 is 10.4 Å². The maximum absolute atomic E-state index is 13.2. The van der Waals surface area contributed by atoms with Gasteiger partial charge in [0.2, 0.25) is 0 Å². The molecule has 0 unspecified atom stereocenters. The van der Waals surface area contributed by atoms with Crippen molar-refractivity contribution in [2.45, 2.75) is 19.3 Å². The predicted molar refractivity (Wildman–Crippen MR) is 124 cm³/mol. The number of aromatic nitrogens is 1. The maximum Gasteiger partial charge on any atom is 0.258 e. The Balaban J connectivity index is 1.84. The van der Waals surface area contributed by atoms with E-state index in [0.717, 1.165) is 67.2 Å². The first kappa shape index (κ1) is 17.8. The van der Waals surface area contributed by atoms with Crippen molar-refractivity contribution >= 4 is 79.5 Å². The van der Waals surface area contributed by atoms with Crippen molar-refractivity contribution in [1.29, 1.82) is 0 Å². The van der Waals surface area contributed by atoms with Gasteiger partial charge in [0.15, 0.2) is 5.78 Å². The third-order valence-electron chi connectivity index (χ3n) is 6.29. The third kappa shape index (κ3) is 2.25. The number of amides is 1. The normalized spacial score (nSPS) is 16.3. The number of nitrogens with one attached hydrogen (secondary N) is 1. The lowest BCUT2D eigenvalue weighted by Gasteiger charge is -2.12. The van der Waals surface area contributed by atoms with E-state index in [1.807, 2.05) is 18.5 Å². The van der Waals surface area contributed by atoms with E-state index in [1.165, 1.54) is 5.56 Å². The van der Waals surface area contributed by atoms with Crippen molar-refractivity contribution in [2.24, 2.45) is 4.99 Å². The Kier molecular flexibility index (Phi) is 3.72. The highest BCUT2D eigenvalue weighted by molar-refractivity contribution is 9.09. The van der Waals surface area contributed by atoms with Crippen LogP contribution in [0.4, 0.5) is 5.69 Å². The van der Waals surface area contributed by atoms with Gasteiger partial charge in [-0.3, -0.25) is 14.6 Å². The molecule has 0 saturated carbocycles. The van der Waals surface area contributed by atoms with Crippen LogP contribution in [0.15, 0.2) is 17.1 Å². The molecule has 0 spiro atoms. The average molecular weight is 460 g/mol. The summed E-state index contributed by atoms with van der Waals surface area (Å²) < 4.78 is 0. The van der Waals surface area contributed by atoms with Gasteiger partial charge in [0.25, 0.3) is 5.91 Å². The number of aromatic amines is 1. The zero-order valence-electron chi connectivity index (χ0n) is 16.4. The van der Waals surface area contributed by atoms with Crippen LogP contribution in [0.25, 0.3) is 40.0 Å². The van der Waals surface area contributed by atoms with E-state index in [2.05, 4.69) is 33.1 Å². The summed E-state index contributed by atoms with van der Waals surface area (Å²) in [6.45, 7) is 0. The number of aliphatic imine (C=N–C) groups is 1. The molecule has 30 heavy (non-hydrogen) atoms. The van der Waals surface area contributed by atoms with E-state index < -0.39 is 0 Å². The van der Waals surface area contributed by atoms with E-state index >= 15 is 0 Å². The number of fused-ring (bicyclic) bond motifs is 10. The summed E-state index contributed by atoms with van der Waals surface area (Å²) in [5.41, 5.74) is 5.64. The van der Waals surface area contributed by atoms with Crippen LogP contribution in [0.5, 0.6) is 0 Å². The first-order valence-electron chi connectivity index (χ1n) is 10.0. The molecule has 0 saturated heterocycles. The minimum Gasteiger partial charge on any atom is -0.354 e. The molecule has 1 aromatic heterocycles. The number of nitrogens with zero attached hydrogens (tertiary/aromatic N) is 2. The van der Waals surface area contributed by atoms with Crippen LogP contribution in [0, 0.1) is 0 Å². The molecule has 6 rings (SSSR count). The fourth-order valence-corrected chi connectivity index (χ4v) is 5.27. The zero-order chi connectivity index (χ0) is 20.6. The fraction of sp³-hybridized carbons (Fsp3) is 0.208. The Labute approximate surface area is 180 Å². The summed E-state index contributed by atoms with van der Waals surface area (Å²) >= 11 is 3.54. The largest absolute Gasteiger partial charge is 0.354 e. The molecular formula is C24H18BrN3O2. The van der Waals surface area contributed by atoms with Gasteiger partial charge in [0.1, 0.15) is 0 Å². The monoisotopic (exact) mass is 459 g/mol. The first-order valence-corrected chi connectivity index (χ1v) is 11.2. The summed E-state index contributed by atoms with van der Waals surface area (Å²) in [5, 5.41) is 5.95.